The van der Waals surface area contributed by atoms with Crippen LogP contribution in [0.4, 0.5) is 0 Å². The van der Waals surface area contributed by atoms with E-state index in [1.807, 2.05) is 36.5 Å². The van der Waals surface area contributed by atoms with E-state index >= 15 is 0 Å². The van der Waals surface area contributed by atoms with Gasteiger partial charge in [-0.05, 0) is 44.7 Å². The zero-order valence-corrected chi connectivity index (χ0v) is 19.1. The lowest BCUT2D eigenvalue weighted by Crippen LogP contribution is -2.24. The number of fused-ring (bicyclic) bond motifs is 1. The van der Waals surface area contributed by atoms with Gasteiger partial charge in [-0.25, -0.2) is 4.98 Å². The van der Waals surface area contributed by atoms with Crippen LogP contribution in [0.1, 0.15) is 22.4 Å². The normalized spacial score (nSPS) is 11.4. The number of imidazole rings is 1. The summed E-state index contributed by atoms with van der Waals surface area (Å²) < 4.78 is 6.09. The standard InChI is InChI=1S/C25H28N4OS/c1-18-8-10-20(11-9-18)16-29(3)14-15-30-24-12-13-26-23(19(24)2)17-31-25-27-21-6-4-5-7-22(21)28-25/h4-13H,14-17H2,1-3H3,(H,27,28). The third-order valence-corrected chi connectivity index (χ3v) is 6.16. The fourth-order valence-electron chi connectivity index (χ4n) is 3.39. The molecule has 2 aromatic carbocycles. The highest BCUT2D eigenvalue weighted by Gasteiger charge is 2.10. The molecule has 0 aliphatic heterocycles. The summed E-state index contributed by atoms with van der Waals surface area (Å²) in [4.78, 5) is 14.8. The van der Waals surface area contributed by atoms with Crippen molar-refractivity contribution in [2.45, 2.75) is 31.3 Å². The molecule has 0 spiro atoms. The van der Waals surface area contributed by atoms with E-state index in [9.17, 15) is 0 Å². The fourth-order valence-corrected chi connectivity index (χ4v) is 4.30. The molecule has 31 heavy (non-hydrogen) atoms. The van der Waals surface area contributed by atoms with Crippen molar-refractivity contribution in [3.63, 3.8) is 0 Å². The number of ether oxygens (including phenoxy) is 1. The number of benzene rings is 2. The second-order valence-corrected chi connectivity index (χ2v) is 8.76. The van der Waals surface area contributed by atoms with Gasteiger partial charge in [0.25, 0.3) is 0 Å². The van der Waals surface area contributed by atoms with E-state index in [1.165, 1.54) is 11.1 Å². The van der Waals surface area contributed by atoms with Gasteiger partial charge in [-0.3, -0.25) is 9.88 Å². The van der Waals surface area contributed by atoms with Gasteiger partial charge in [0.1, 0.15) is 12.4 Å². The van der Waals surface area contributed by atoms with Crippen LogP contribution in [0, 0.1) is 13.8 Å². The molecule has 5 nitrogen and oxygen atoms in total. The van der Waals surface area contributed by atoms with Crippen molar-refractivity contribution in [3.8, 4) is 5.75 Å². The van der Waals surface area contributed by atoms with E-state index in [1.54, 1.807) is 11.8 Å². The van der Waals surface area contributed by atoms with E-state index in [4.69, 9.17) is 4.74 Å². The van der Waals surface area contributed by atoms with E-state index < -0.39 is 0 Å². The summed E-state index contributed by atoms with van der Waals surface area (Å²) in [7, 11) is 2.12. The average molecular weight is 433 g/mol. The molecule has 2 aromatic heterocycles. The Morgan fingerprint density at radius 3 is 2.65 bits per heavy atom. The molecule has 0 fully saturated rings. The molecule has 0 amide bonds. The van der Waals surface area contributed by atoms with Crippen LogP contribution >= 0.6 is 11.8 Å². The first-order chi connectivity index (χ1) is 15.1. The van der Waals surface area contributed by atoms with Crippen LogP contribution in [0.25, 0.3) is 11.0 Å². The predicted octanol–water partition coefficient (Wildman–Crippen LogP) is 5.38. The van der Waals surface area contributed by atoms with Crippen LogP contribution in [-0.2, 0) is 12.3 Å². The molecule has 2 heterocycles. The summed E-state index contributed by atoms with van der Waals surface area (Å²) in [6.07, 6.45) is 1.83. The molecular weight excluding hydrogens is 404 g/mol. The van der Waals surface area contributed by atoms with Crippen molar-refractivity contribution in [3.05, 3.63) is 83.2 Å². The third-order valence-electron chi connectivity index (χ3n) is 5.28. The Morgan fingerprint density at radius 2 is 1.84 bits per heavy atom. The maximum Gasteiger partial charge on any atom is 0.166 e. The lowest BCUT2D eigenvalue weighted by atomic mass is 10.1. The topological polar surface area (TPSA) is 54.0 Å². The second kappa shape index (κ2) is 9.98. The van der Waals surface area contributed by atoms with Crippen molar-refractivity contribution >= 4 is 22.8 Å². The Bertz CT molecular complexity index is 1110. The lowest BCUT2D eigenvalue weighted by molar-refractivity contribution is 0.231. The molecule has 4 rings (SSSR count). The molecule has 0 saturated heterocycles. The van der Waals surface area contributed by atoms with Crippen LogP contribution in [0.15, 0.2) is 66.0 Å². The number of likely N-dealkylation sites (N-methyl/N-ethyl adjacent to an activating group) is 1. The van der Waals surface area contributed by atoms with Crippen LogP contribution in [0.5, 0.6) is 5.75 Å². The smallest absolute Gasteiger partial charge is 0.166 e. The first-order valence-electron chi connectivity index (χ1n) is 10.5. The van der Waals surface area contributed by atoms with Crippen LogP contribution in [0.2, 0.25) is 0 Å². The number of nitrogens with zero attached hydrogens (tertiary/aromatic N) is 3. The van der Waals surface area contributed by atoms with Gasteiger partial charge in [0, 0.05) is 30.6 Å². The first-order valence-corrected chi connectivity index (χ1v) is 11.5. The number of aromatic nitrogens is 3. The van der Waals surface area contributed by atoms with Crippen molar-refractivity contribution in [2.75, 3.05) is 20.2 Å². The maximum absolute atomic E-state index is 6.09. The molecule has 0 radical (unpaired) electrons. The fraction of sp³-hybridized carbons (Fsp3) is 0.280. The van der Waals surface area contributed by atoms with Gasteiger partial charge in [-0.2, -0.15) is 0 Å². The number of para-hydroxylation sites is 2. The van der Waals surface area contributed by atoms with Gasteiger partial charge in [0.15, 0.2) is 5.16 Å². The summed E-state index contributed by atoms with van der Waals surface area (Å²) in [5, 5.41) is 0.909. The van der Waals surface area contributed by atoms with Gasteiger partial charge < -0.3 is 9.72 Å². The first kappa shape index (κ1) is 21.4. The van der Waals surface area contributed by atoms with Gasteiger partial charge >= 0.3 is 0 Å². The van der Waals surface area contributed by atoms with Crippen molar-refractivity contribution in [1.82, 2.24) is 19.9 Å². The number of H-pyrrole nitrogens is 1. The van der Waals surface area contributed by atoms with E-state index in [-0.39, 0.29) is 0 Å². The number of pyridine rings is 1. The van der Waals surface area contributed by atoms with Crippen molar-refractivity contribution in [1.29, 1.82) is 0 Å². The second-order valence-electron chi connectivity index (χ2n) is 7.80. The van der Waals surface area contributed by atoms with Gasteiger partial charge in [-0.1, -0.05) is 53.7 Å². The molecular formula is C25H28N4OS. The minimum absolute atomic E-state index is 0.642. The highest BCUT2D eigenvalue weighted by atomic mass is 32.2. The van der Waals surface area contributed by atoms with Crippen molar-refractivity contribution < 1.29 is 4.74 Å². The number of rotatable bonds is 9. The number of aromatic amines is 1. The zero-order valence-electron chi connectivity index (χ0n) is 18.3. The average Bonchev–Trinajstić information content (AvgIpc) is 3.19. The predicted molar refractivity (Wildman–Crippen MR) is 128 cm³/mol. The number of nitrogens with one attached hydrogen (secondary N) is 1. The summed E-state index contributed by atoms with van der Waals surface area (Å²) in [5.74, 6) is 1.65. The van der Waals surface area contributed by atoms with Crippen molar-refractivity contribution in [2.24, 2.45) is 0 Å². The highest BCUT2D eigenvalue weighted by Crippen LogP contribution is 2.27. The minimum Gasteiger partial charge on any atom is -0.492 e. The molecule has 4 aromatic rings. The molecule has 0 unspecified atom stereocenters. The van der Waals surface area contributed by atoms with Gasteiger partial charge in [0.2, 0.25) is 0 Å². The number of hydrogen-bond donors (Lipinski definition) is 1. The Kier molecular flexibility index (Phi) is 6.89. The molecule has 0 aliphatic carbocycles. The van der Waals surface area contributed by atoms with E-state index in [0.29, 0.717) is 6.61 Å². The number of hydrogen-bond acceptors (Lipinski definition) is 5. The Hall–Kier alpha value is -2.83. The monoisotopic (exact) mass is 432 g/mol. The molecule has 1 N–H and O–H groups in total. The zero-order chi connectivity index (χ0) is 21.6. The summed E-state index contributed by atoms with van der Waals surface area (Å²) in [5.41, 5.74) is 6.77. The Morgan fingerprint density at radius 1 is 1.03 bits per heavy atom. The highest BCUT2D eigenvalue weighted by molar-refractivity contribution is 7.98. The SMILES string of the molecule is Cc1ccc(CN(C)CCOc2ccnc(CSc3nc4ccccc4[nH]3)c2C)cc1. The largest absolute Gasteiger partial charge is 0.492 e. The van der Waals surface area contributed by atoms with E-state index in [2.05, 4.69) is 65.0 Å². The summed E-state index contributed by atoms with van der Waals surface area (Å²) in [6, 6.07) is 18.7. The molecule has 0 bridgehead atoms. The molecule has 0 aliphatic rings. The minimum atomic E-state index is 0.642. The summed E-state index contributed by atoms with van der Waals surface area (Å²) in [6.45, 7) is 6.61. The van der Waals surface area contributed by atoms with Gasteiger partial charge in [-0.15, -0.1) is 0 Å². The van der Waals surface area contributed by atoms with Gasteiger partial charge in [0.05, 0.1) is 16.7 Å². The number of aryl methyl sites for hydroxylation is 1. The lowest BCUT2D eigenvalue weighted by Gasteiger charge is -2.18. The molecule has 0 atom stereocenters. The molecule has 0 saturated carbocycles. The Labute approximate surface area is 187 Å². The van der Waals surface area contributed by atoms with Crippen LogP contribution in [0.3, 0.4) is 0 Å². The summed E-state index contributed by atoms with van der Waals surface area (Å²) >= 11 is 1.66. The van der Waals surface area contributed by atoms with Crippen LogP contribution < -0.4 is 4.74 Å². The quantitative estimate of drug-likeness (QED) is 0.360. The van der Waals surface area contributed by atoms with E-state index in [0.717, 1.165) is 52.0 Å². The maximum atomic E-state index is 6.09. The Balaban J connectivity index is 1.30. The van der Waals surface area contributed by atoms with Crippen LogP contribution in [-0.4, -0.2) is 40.1 Å². The number of thioether (sulfide) groups is 1. The molecule has 160 valence electrons. The molecule has 6 heteroatoms. The third kappa shape index (κ3) is 5.66.